The summed E-state index contributed by atoms with van der Waals surface area (Å²) in [7, 11) is 0. The molecule has 1 heterocycles. The van der Waals surface area contributed by atoms with E-state index in [-0.39, 0.29) is 53.4 Å². The van der Waals surface area contributed by atoms with Crippen LogP contribution in [0.25, 0.3) is 0 Å². The molecular weight excluding hydrogens is 491 g/mol. The lowest BCUT2D eigenvalue weighted by Gasteiger charge is -2.37. The number of carbonyl (C=O) groups excluding carboxylic acids is 3. The molecule has 3 saturated carbocycles. The normalized spacial score (nSPS) is 40.9. The number of allylic oxidation sites excluding steroid dienone is 2. The molecule has 156 valence electrons. The first kappa shape index (κ1) is 19.0. The first-order chi connectivity index (χ1) is 14.5. The van der Waals surface area contributed by atoms with Crippen molar-refractivity contribution < 1.29 is 14.4 Å². The van der Waals surface area contributed by atoms with Crippen LogP contribution in [0.5, 0.6) is 0 Å². The topological polar surface area (TPSA) is 66.5 Å². The Balaban J connectivity index is 1.11. The van der Waals surface area contributed by atoms with Gasteiger partial charge in [0, 0.05) is 21.2 Å². The first-order valence-corrected chi connectivity index (χ1v) is 12.2. The molecule has 6 heteroatoms. The summed E-state index contributed by atoms with van der Waals surface area (Å²) < 4.78 is 1.13. The molecule has 30 heavy (non-hydrogen) atoms. The molecule has 5 nitrogen and oxygen atoms in total. The number of amides is 3. The molecule has 0 spiro atoms. The van der Waals surface area contributed by atoms with Crippen molar-refractivity contribution in [1.82, 2.24) is 4.90 Å². The highest BCUT2D eigenvalue weighted by atomic mass is 127. The van der Waals surface area contributed by atoms with Crippen LogP contribution >= 0.6 is 22.6 Å². The number of nitrogens with zero attached hydrogens (tertiary/aromatic N) is 1. The maximum absolute atomic E-state index is 13.3. The Morgan fingerprint density at radius 3 is 2.03 bits per heavy atom. The van der Waals surface area contributed by atoms with Gasteiger partial charge in [-0.3, -0.25) is 19.3 Å². The number of hydrogen-bond acceptors (Lipinski definition) is 3. The Labute approximate surface area is 189 Å². The smallest absolute Gasteiger partial charge is 0.233 e. The number of benzene rings is 1. The van der Waals surface area contributed by atoms with Crippen molar-refractivity contribution in [2.24, 2.45) is 41.4 Å². The Kier molecular flexibility index (Phi) is 4.38. The van der Waals surface area contributed by atoms with Crippen LogP contribution in [0.2, 0.25) is 0 Å². The minimum absolute atomic E-state index is 0.0336. The van der Waals surface area contributed by atoms with Gasteiger partial charge in [-0.25, -0.2) is 0 Å². The van der Waals surface area contributed by atoms with Gasteiger partial charge in [0.15, 0.2) is 0 Å². The summed E-state index contributed by atoms with van der Waals surface area (Å²) in [5.41, 5.74) is 0.818. The highest BCUT2D eigenvalue weighted by Gasteiger charge is 2.67. The van der Waals surface area contributed by atoms with E-state index in [9.17, 15) is 14.4 Å². The van der Waals surface area contributed by atoms with E-state index in [0.717, 1.165) is 34.9 Å². The summed E-state index contributed by atoms with van der Waals surface area (Å²) in [5.74, 6) is 1.74. The molecule has 1 aliphatic heterocycles. The summed E-state index contributed by atoms with van der Waals surface area (Å²) in [4.78, 5) is 40.9. The number of rotatable bonds is 3. The zero-order valence-corrected chi connectivity index (χ0v) is 18.8. The number of nitrogens with one attached hydrogen (secondary N) is 1. The van der Waals surface area contributed by atoms with Crippen molar-refractivity contribution in [2.45, 2.75) is 38.1 Å². The fourth-order valence-electron chi connectivity index (χ4n) is 6.71. The van der Waals surface area contributed by atoms with Gasteiger partial charge in [0.1, 0.15) is 0 Å². The largest absolute Gasteiger partial charge is 0.326 e. The SMILES string of the molecule is O=C(Nc1ccc(I)cc1)C1CCC(N2C(=O)[C@@H]3[C@H]4C=C[C@@H]([C@@H]5C[C@H]45)[C@@H]3C2=O)CC1. The van der Waals surface area contributed by atoms with Crippen LogP contribution in [0.4, 0.5) is 5.69 Å². The van der Waals surface area contributed by atoms with E-state index >= 15 is 0 Å². The van der Waals surface area contributed by atoms with Crippen molar-refractivity contribution in [3.8, 4) is 0 Å². The molecule has 6 aliphatic rings. The molecule has 3 amide bonds. The molecule has 1 saturated heterocycles. The lowest BCUT2D eigenvalue weighted by Crippen LogP contribution is -2.44. The van der Waals surface area contributed by atoms with Crippen LogP contribution in [0.1, 0.15) is 32.1 Å². The van der Waals surface area contributed by atoms with Crippen LogP contribution in [0.3, 0.4) is 0 Å². The molecule has 2 bridgehead atoms. The second kappa shape index (κ2) is 6.90. The van der Waals surface area contributed by atoms with E-state index in [0.29, 0.717) is 11.8 Å². The first-order valence-electron chi connectivity index (χ1n) is 11.1. The summed E-state index contributed by atoms with van der Waals surface area (Å²) in [6, 6.07) is 7.75. The molecular formula is C24H25IN2O3. The third-order valence-electron chi connectivity index (χ3n) is 8.24. The molecule has 6 atom stereocenters. The molecule has 0 unspecified atom stereocenters. The Morgan fingerprint density at radius 1 is 0.900 bits per heavy atom. The van der Waals surface area contributed by atoms with E-state index in [1.807, 2.05) is 24.3 Å². The van der Waals surface area contributed by atoms with Crippen LogP contribution in [0.15, 0.2) is 36.4 Å². The van der Waals surface area contributed by atoms with E-state index in [1.54, 1.807) is 4.90 Å². The van der Waals surface area contributed by atoms with Gasteiger partial charge in [-0.15, -0.1) is 0 Å². The quantitative estimate of drug-likeness (QED) is 0.377. The number of carbonyl (C=O) groups is 3. The molecule has 4 fully saturated rings. The molecule has 1 aromatic carbocycles. The Bertz CT molecular complexity index is 914. The van der Waals surface area contributed by atoms with Crippen molar-refractivity contribution in [3.63, 3.8) is 0 Å². The number of hydrogen-bond donors (Lipinski definition) is 1. The van der Waals surface area contributed by atoms with E-state index in [2.05, 4.69) is 40.1 Å². The fourth-order valence-corrected chi connectivity index (χ4v) is 7.07. The number of halogens is 1. The standard InChI is InChI=1S/C24H25IN2O3/c25-13-3-5-14(6-4-13)26-22(28)12-1-7-15(8-2-12)27-23(29)20-16-9-10-17(19-11-18(16)19)21(20)24(27)30/h3-6,9-10,12,15-21H,1-2,7-8,11H2,(H,26,28)/t12?,15?,16-,17-,18-,19+,20-,21+/m0/s1. The Morgan fingerprint density at radius 2 is 1.47 bits per heavy atom. The molecule has 1 N–H and O–H groups in total. The number of imide groups is 1. The lowest BCUT2D eigenvalue weighted by molar-refractivity contribution is -0.144. The molecule has 5 aliphatic carbocycles. The van der Waals surface area contributed by atoms with Crippen LogP contribution in [-0.4, -0.2) is 28.7 Å². The van der Waals surface area contributed by atoms with Crippen molar-refractivity contribution in [3.05, 3.63) is 40.0 Å². The Hall–Kier alpha value is -1.70. The van der Waals surface area contributed by atoms with Crippen molar-refractivity contribution in [2.75, 3.05) is 5.32 Å². The van der Waals surface area contributed by atoms with Crippen LogP contribution in [-0.2, 0) is 14.4 Å². The maximum atomic E-state index is 13.3. The van der Waals surface area contributed by atoms with Crippen LogP contribution in [0, 0.1) is 45.0 Å². The highest BCUT2D eigenvalue weighted by Crippen LogP contribution is 2.65. The van der Waals surface area contributed by atoms with Gasteiger partial charge in [0.2, 0.25) is 17.7 Å². The van der Waals surface area contributed by atoms with Gasteiger partial charge in [-0.2, -0.15) is 0 Å². The maximum Gasteiger partial charge on any atom is 0.233 e. The fraction of sp³-hybridized carbons (Fsp3) is 0.542. The van der Waals surface area contributed by atoms with Crippen molar-refractivity contribution in [1.29, 1.82) is 0 Å². The van der Waals surface area contributed by atoms with E-state index in [1.165, 1.54) is 6.42 Å². The van der Waals surface area contributed by atoms with Gasteiger partial charge in [-0.1, -0.05) is 12.2 Å². The van der Waals surface area contributed by atoms with Gasteiger partial charge < -0.3 is 5.32 Å². The molecule has 7 rings (SSSR count). The third-order valence-corrected chi connectivity index (χ3v) is 8.96. The molecule has 0 aromatic heterocycles. The highest BCUT2D eigenvalue weighted by molar-refractivity contribution is 14.1. The molecule has 0 radical (unpaired) electrons. The average molecular weight is 516 g/mol. The molecule has 1 aromatic rings. The predicted molar refractivity (Wildman–Crippen MR) is 120 cm³/mol. The minimum Gasteiger partial charge on any atom is -0.326 e. The van der Waals surface area contributed by atoms with Crippen molar-refractivity contribution >= 4 is 46.0 Å². The van der Waals surface area contributed by atoms with Gasteiger partial charge in [0.05, 0.1) is 11.8 Å². The minimum atomic E-state index is -0.113. The van der Waals surface area contributed by atoms with E-state index < -0.39 is 0 Å². The average Bonchev–Trinajstić information content (AvgIpc) is 3.53. The van der Waals surface area contributed by atoms with Gasteiger partial charge in [0.25, 0.3) is 0 Å². The monoisotopic (exact) mass is 516 g/mol. The lowest BCUT2D eigenvalue weighted by atomic mass is 9.63. The third kappa shape index (κ3) is 2.82. The summed E-state index contributed by atoms with van der Waals surface area (Å²) >= 11 is 2.24. The second-order valence-electron chi connectivity index (χ2n) is 9.70. The second-order valence-corrected chi connectivity index (χ2v) is 10.9. The number of anilines is 1. The van der Waals surface area contributed by atoms with Gasteiger partial charge in [-0.05, 0) is 103 Å². The summed E-state index contributed by atoms with van der Waals surface area (Å²) in [5, 5.41) is 3.01. The zero-order valence-electron chi connectivity index (χ0n) is 16.7. The summed E-state index contributed by atoms with van der Waals surface area (Å²) in [6.45, 7) is 0. The summed E-state index contributed by atoms with van der Waals surface area (Å²) in [6.07, 6.45) is 8.56. The zero-order chi connectivity index (χ0) is 20.6. The predicted octanol–water partition coefficient (Wildman–Crippen LogP) is 3.84. The van der Waals surface area contributed by atoms with Gasteiger partial charge >= 0.3 is 0 Å². The number of likely N-dealkylation sites (tertiary alicyclic amines) is 1. The van der Waals surface area contributed by atoms with E-state index in [4.69, 9.17) is 0 Å². The van der Waals surface area contributed by atoms with Crippen LogP contribution < -0.4 is 5.32 Å².